The van der Waals surface area contributed by atoms with E-state index in [9.17, 15) is 4.79 Å². The predicted molar refractivity (Wildman–Crippen MR) is 68.0 cm³/mol. The van der Waals surface area contributed by atoms with Gasteiger partial charge in [-0.15, -0.1) is 0 Å². The molecule has 1 rings (SSSR count). The van der Waals surface area contributed by atoms with Gasteiger partial charge in [0.2, 0.25) is 5.91 Å². The van der Waals surface area contributed by atoms with Gasteiger partial charge in [0.15, 0.2) is 0 Å². The Labute approximate surface area is 104 Å². The van der Waals surface area contributed by atoms with Gasteiger partial charge in [-0.1, -0.05) is 6.42 Å². The first-order valence-corrected chi connectivity index (χ1v) is 6.43. The molecule has 5 nitrogen and oxygen atoms in total. The highest BCUT2D eigenvalue weighted by Gasteiger charge is 2.19. The SMILES string of the molecule is CN(C)CCOCCNC(=O)C1CCCCN1. The van der Waals surface area contributed by atoms with E-state index in [0.717, 1.165) is 25.9 Å². The minimum atomic E-state index is 0.00512. The molecule has 2 N–H and O–H groups in total. The second-order valence-corrected chi connectivity index (χ2v) is 4.71. The molecule has 0 saturated carbocycles. The first-order valence-electron chi connectivity index (χ1n) is 6.43. The van der Waals surface area contributed by atoms with Crippen LogP contribution >= 0.6 is 0 Å². The second-order valence-electron chi connectivity index (χ2n) is 4.71. The molecule has 1 atom stereocenters. The average molecular weight is 243 g/mol. The van der Waals surface area contributed by atoms with E-state index in [1.807, 2.05) is 14.1 Å². The van der Waals surface area contributed by atoms with Gasteiger partial charge in [-0.2, -0.15) is 0 Å². The lowest BCUT2D eigenvalue weighted by molar-refractivity contribution is -0.123. The highest BCUT2D eigenvalue weighted by Crippen LogP contribution is 2.06. The number of hydrogen-bond donors (Lipinski definition) is 2. The summed E-state index contributed by atoms with van der Waals surface area (Å²) in [5.74, 6) is 0.112. The number of carbonyl (C=O) groups is 1. The van der Waals surface area contributed by atoms with Crippen LogP contribution in [0.25, 0.3) is 0 Å². The molecule has 0 aromatic carbocycles. The van der Waals surface area contributed by atoms with E-state index in [-0.39, 0.29) is 11.9 Å². The van der Waals surface area contributed by atoms with E-state index in [4.69, 9.17) is 4.74 Å². The highest BCUT2D eigenvalue weighted by molar-refractivity contribution is 5.81. The van der Waals surface area contributed by atoms with Gasteiger partial charge in [0.05, 0.1) is 19.3 Å². The number of likely N-dealkylation sites (N-methyl/N-ethyl adjacent to an activating group) is 1. The minimum Gasteiger partial charge on any atom is -0.378 e. The van der Waals surface area contributed by atoms with Crippen LogP contribution in [0.2, 0.25) is 0 Å². The molecule has 0 bridgehead atoms. The highest BCUT2D eigenvalue weighted by atomic mass is 16.5. The van der Waals surface area contributed by atoms with E-state index < -0.39 is 0 Å². The van der Waals surface area contributed by atoms with Gasteiger partial charge in [0.1, 0.15) is 0 Å². The number of rotatable bonds is 7. The quantitative estimate of drug-likeness (QED) is 0.609. The summed E-state index contributed by atoms with van der Waals surface area (Å²) in [6.45, 7) is 3.77. The maximum Gasteiger partial charge on any atom is 0.237 e. The van der Waals surface area contributed by atoms with Gasteiger partial charge in [-0.25, -0.2) is 0 Å². The lowest BCUT2D eigenvalue weighted by atomic mass is 10.0. The van der Waals surface area contributed by atoms with E-state index >= 15 is 0 Å². The standard InChI is InChI=1S/C12H25N3O2/c1-15(2)8-10-17-9-7-14-12(16)11-5-3-4-6-13-11/h11,13H,3-10H2,1-2H3,(H,14,16). The van der Waals surface area contributed by atoms with Crippen molar-refractivity contribution in [1.82, 2.24) is 15.5 Å². The lowest BCUT2D eigenvalue weighted by Crippen LogP contribution is -2.47. The molecule has 1 fully saturated rings. The van der Waals surface area contributed by atoms with Crippen molar-refractivity contribution in [3.05, 3.63) is 0 Å². The summed E-state index contributed by atoms with van der Waals surface area (Å²) in [5.41, 5.74) is 0. The van der Waals surface area contributed by atoms with E-state index in [1.54, 1.807) is 0 Å². The van der Waals surface area contributed by atoms with Crippen molar-refractivity contribution < 1.29 is 9.53 Å². The summed E-state index contributed by atoms with van der Waals surface area (Å²) in [6.07, 6.45) is 3.27. The van der Waals surface area contributed by atoms with Gasteiger partial charge in [-0.05, 0) is 33.5 Å². The number of hydrogen-bond acceptors (Lipinski definition) is 4. The van der Waals surface area contributed by atoms with Gasteiger partial charge in [-0.3, -0.25) is 4.79 Å². The van der Waals surface area contributed by atoms with Crippen LogP contribution in [-0.2, 0) is 9.53 Å². The average Bonchev–Trinajstić information content (AvgIpc) is 2.34. The molecule has 0 spiro atoms. The van der Waals surface area contributed by atoms with Crippen molar-refractivity contribution in [2.45, 2.75) is 25.3 Å². The van der Waals surface area contributed by atoms with E-state index in [0.29, 0.717) is 19.8 Å². The second kappa shape index (κ2) is 8.44. The Morgan fingerprint density at radius 3 is 2.88 bits per heavy atom. The fourth-order valence-electron chi connectivity index (χ4n) is 1.79. The molecule has 0 radical (unpaired) electrons. The summed E-state index contributed by atoms with van der Waals surface area (Å²) in [5, 5.41) is 6.13. The molecule has 100 valence electrons. The van der Waals surface area contributed by atoms with Crippen molar-refractivity contribution in [1.29, 1.82) is 0 Å². The summed E-state index contributed by atoms with van der Waals surface area (Å²) in [6, 6.07) is 0.00512. The molecule has 1 aliphatic heterocycles. The molecular weight excluding hydrogens is 218 g/mol. The predicted octanol–water partition coefficient (Wildman–Crippen LogP) is -0.177. The van der Waals surface area contributed by atoms with Crippen LogP contribution in [0.5, 0.6) is 0 Å². The van der Waals surface area contributed by atoms with Crippen LogP contribution in [-0.4, -0.2) is 63.8 Å². The topological polar surface area (TPSA) is 53.6 Å². The largest absolute Gasteiger partial charge is 0.378 e. The molecule has 1 unspecified atom stereocenters. The number of nitrogens with zero attached hydrogens (tertiary/aromatic N) is 1. The Kier molecular flexibility index (Phi) is 7.16. The monoisotopic (exact) mass is 243 g/mol. The molecule has 1 saturated heterocycles. The summed E-state index contributed by atoms with van der Waals surface area (Å²) >= 11 is 0. The zero-order valence-corrected chi connectivity index (χ0v) is 11.0. The number of amides is 1. The van der Waals surface area contributed by atoms with Crippen LogP contribution < -0.4 is 10.6 Å². The summed E-state index contributed by atoms with van der Waals surface area (Å²) in [4.78, 5) is 13.8. The number of ether oxygens (including phenoxy) is 1. The van der Waals surface area contributed by atoms with Crippen molar-refractivity contribution in [3.8, 4) is 0 Å². The molecule has 0 aromatic rings. The van der Waals surface area contributed by atoms with Crippen LogP contribution in [0.1, 0.15) is 19.3 Å². The molecule has 1 amide bonds. The third kappa shape index (κ3) is 6.61. The van der Waals surface area contributed by atoms with Gasteiger partial charge in [0.25, 0.3) is 0 Å². The van der Waals surface area contributed by atoms with E-state index in [1.165, 1.54) is 6.42 Å². The van der Waals surface area contributed by atoms with Crippen LogP contribution in [0, 0.1) is 0 Å². The molecule has 0 aliphatic carbocycles. The fourth-order valence-corrected chi connectivity index (χ4v) is 1.79. The van der Waals surface area contributed by atoms with Crippen molar-refractivity contribution in [2.75, 3.05) is 46.9 Å². The minimum absolute atomic E-state index is 0.00512. The Hall–Kier alpha value is -0.650. The Balaban J connectivity index is 1.96. The van der Waals surface area contributed by atoms with Crippen molar-refractivity contribution in [3.63, 3.8) is 0 Å². The fraction of sp³-hybridized carbons (Fsp3) is 0.917. The molecule has 17 heavy (non-hydrogen) atoms. The third-order valence-corrected chi connectivity index (χ3v) is 2.86. The zero-order valence-electron chi connectivity index (χ0n) is 11.0. The van der Waals surface area contributed by atoms with Gasteiger partial charge in [0, 0.05) is 13.1 Å². The third-order valence-electron chi connectivity index (χ3n) is 2.86. The Bertz CT molecular complexity index is 216. The maximum absolute atomic E-state index is 11.7. The number of carbonyl (C=O) groups excluding carboxylic acids is 1. The van der Waals surface area contributed by atoms with Crippen LogP contribution in [0.3, 0.4) is 0 Å². The molecule has 5 heteroatoms. The van der Waals surface area contributed by atoms with Gasteiger partial charge >= 0.3 is 0 Å². The molecular formula is C12H25N3O2. The summed E-state index contributed by atoms with van der Waals surface area (Å²) in [7, 11) is 4.03. The normalized spacial score (nSPS) is 20.5. The first kappa shape index (κ1) is 14.4. The maximum atomic E-state index is 11.7. The zero-order chi connectivity index (χ0) is 12.5. The van der Waals surface area contributed by atoms with E-state index in [2.05, 4.69) is 15.5 Å². The van der Waals surface area contributed by atoms with Crippen LogP contribution in [0.15, 0.2) is 0 Å². The Morgan fingerprint density at radius 2 is 2.24 bits per heavy atom. The first-order chi connectivity index (χ1) is 8.20. The van der Waals surface area contributed by atoms with Gasteiger partial charge < -0.3 is 20.3 Å². The Morgan fingerprint density at radius 1 is 1.41 bits per heavy atom. The number of piperidine rings is 1. The molecule has 1 heterocycles. The molecule has 0 aromatic heterocycles. The van der Waals surface area contributed by atoms with Crippen LogP contribution in [0.4, 0.5) is 0 Å². The van der Waals surface area contributed by atoms with Crippen molar-refractivity contribution >= 4 is 5.91 Å². The lowest BCUT2D eigenvalue weighted by Gasteiger charge is -2.22. The number of nitrogens with one attached hydrogen (secondary N) is 2. The van der Waals surface area contributed by atoms with Crippen molar-refractivity contribution in [2.24, 2.45) is 0 Å². The molecule has 1 aliphatic rings. The smallest absolute Gasteiger partial charge is 0.237 e. The summed E-state index contributed by atoms with van der Waals surface area (Å²) < 4.78 is 5.41.